The molecule has 19 heavy (non-hydrogen) atoms. The Balaban J connectivity index is 2.44. The summed E-state index contributed by atoms with van der Waals surface area (Å²) in [5, 5.41) is 12.9. The van der Waals surface area contributed by atoms with Crippen LogP contribution in [0.5, 0.6) is 0 Å². The monoisotopic (exact) mass is 262 g/mol. The van der Waals surface area contributed by atoms with Crippen LogP contribution in [-0.2, 0) is 16.6 Å². The van der Waals surface area contributed by atoms with Gasteiger partial charge in [0.15, 0.2) is 0 Å². The lowest BCUT2D eigenvalue weighted by Crippen LogP contribution is -2.36. The lowest BCUT2D eigenvalue weighted by molar-refractivity contribution is -0.144. The van der Waals surface area contributed by atoms with Crippen molar-refractivity contribution in [1.82, 2.24) is 4.98 Å². The molecule has 2 rings (SSSR count). The number of rotatable bonds is 5. The van der Waals surface area contributed by atoms with E-state index >= 15 is 0 Å². The SMILES string of the molecule is CCCC(CC)(C(=O)O)c1ccc2c(n1)NCCC2. The smallest absolute Gasteiger partial charge is 0.315 e. The lowest BCUT2D eigenvalue weighted by Gasteiger charge is -2.29. The summed E-state index contributed by atoms with van der Waals surface area (Å²) in [5.41, 5.74) is 1.04. The highest BCUT2D eigenvalue weighted by Crippen LogP contribution is 2.34. The summed E-state index contributed by atoms with van der Waals surface area (Å²) >= 11 is 0. The topological polar surface area (TPSA) is 62.2 Å². The molecule has 1 aliphatic rings. The van der Waals surface area contributed by atoms with Gasteiger partial charge in [-0.05, 0) is 37.3 Å². The summed E-state index contributed by atoms with van der Waals surface area (Å²) in [7, 11) is 0. The molecule has 1 aromatic rings. The molecule has 1 aromatic heterocycles. The quantitative estimate of drug-likeness (QED) is 0.856. The van der Waals surface area contributed by atoms with E-state index in [1.54, 1.807) is 0 Å². The summed E-state index contributed by atoms with van der Waals surface area (Å²) in [4.78, 5) is 16.4. The first kappa shape index (κ1) is 13.8. The molecule has 0 saturated heterocycles. The highest BCUT2D eigenvalue weighted by Gasteiger charge is 2.39. The van der Waals surface area contributed by atoms with Gasteiger partial charge in [-0.3, -0.25) is 4.79 Å². The Kier molecular flexibility index (Phi) is 4.08. The molecule has 0 aromatic carbocycles. The third-order valence-electron chi connectivity index (χ3n) is 4.07. The Morgan fingerprint density at radius 2 is 2.26 bits per heavy atom. The minimum absolute atomic E-state index is 0.571. The molecule has 1 atom stereocenters. The molecule has 2 heterocycles. The number of anilines is 1. The predicted molar refractivity (Wildman–Crippen MR) is 75.6 cm³/mol. The average molecular weight is 262 g/mol. The first-order valence-corrected chi connectivity index (χ1v) is 7.11. The van der Waals surface area contributed by atoms with E-state index in [4.69, 9.17) is 0 Å². The van der Waals surface area contributed by atoms with E-state index in [9.17, 15) is 9.90 Å². The number of nitrogens with zero attached hydrogens (tertiary/aromatic N) is 1. The Morgan fingerprint density at radius 1 is 1.47 bits per heavy atom. The van der Waals surface area contributed by atoms with Gasteiger partial charge >= 0.3 is 5.97 Å². The molecule has 4 heteroatoms. The van der Waals surface area contributed by atoms with Crippen molar-refractivity contribution in [3.63, 3.8) is 0 Å². The number of pyridine rings is 1. The van der Waals surface area contributed by atoms with Crippen LogP contribution in [0.1, 0.15) is 50.8 Å². The lowest BCUT2D eigenvalue weighted by atomic mass is 9.77. The zero-order valence-electron chi connectivity index (χ0n) is 11.7. The third-order valence-corrected chi connectivity index (χ3v) is 4.07. The van der Waals surface area contributed by atoms with Gasteiger partial charge in [0, 0.05) is 6.54 Å². The van der Waals surface area contributed by atoms with Crippen LogP contribution in [0.3, 0.4) is 0 Å². The van der Waals surface area contributed by atoms with Gasteiger partial charge in [0.05, 0.1) is 5.69 Å². The van der Waals surface area contributed by atoms with Gasteiger partial charge in [0.25, 0.3) is 0 Å². The molecule has 4 nitrogen and oxygen atoms in total. The molecule has 0 saturated carbocycles. The highest BCUT2D eigenvalue weighted by atomic mass is 16.4. The van der Waals surface area contributed by atoms with Gasteiger partial charge in [-0.2, -0.15) is 0 Å². The fraction of sp³-hybridized carbons (Fsp3) is 0.600. The number of carbonyl (C=O) groups is 1. The van der Waals surface area contributed by atoms with Crippen molar-refractivity contribution in [1.29, 1.82) is 0 Å². The minimum Gasteiger partial charge on any atom is -0.481 e. The number of nitrogens with one attached hydrogen (secondary N) is 1. The van der Waals surface area contributed by atoms with Crippen molar-refractivity contribution in [2.45, 2.75) is 51.4 Å². The number of carboxylic acids is 1. The van der Waals surface area contributed by atoms with Gasteiger partial charge in [-0.15, -0.1) is 0 Å². The molecule has 0 bridgehead atoms. The molecule has 1 aliphatic heterocycles. The van der Waals surface area contributed by atoms with Crippen molar-refractivity contribution >= 4 is 11.8 Å². The minimum atomic E-state index is -0.844. The molecule has 0 spiro atoms. The predicted octanol–water partition coefficient (Wildman–Crippen LogP) is 2.97. The summed E-state index contributed by atoms with van der Waals surface area (Å²) < 4.78 is 0. The molecule has 1 unspecified atom stereocenters. The normalized spacial score (nSPS) is 17.2. The van der Waals surface area contributed by atoms with Gasteiger partial charge in [0.2, 0.25) is 0 Å². The Hall–Kier alpha value is -1.58. The van der Waals surface area contributed by atoms with Gasteiger partial charge in [0.1, 0.15) is 11.2 Å². The maximum Gasteiger partial charge on any atom is 0.315 e. The molecular formula is C15H22N2O2. The van der Waals surface area contributed by atoms with Crippen LogP contribution < -0.4 is 5.32 Å². The summed E-state index contributed by atoms with van der Waals surface area (Å²) in [6.07, 6.45) is 4.18. The van der Waals surface area contributed by atoms with E-state index in [2.05, 4.69) is 10.3 Å². The van der Waals surface area contributed by atoms with Crippen LogP contribution in [-0.4, -0.2) is 22.6 Å². The van der Waals surface area contributed by atoms with E-state index in [1.807, 2.05) is 26.0 Å². The number of hydrogen-bond donors (Lipinski definition) is 2. The maximum absolute atomic E-state index is 11.8. The molecule has 0 radical (unpaired) electrons. The van der Waals surface area contributed by atoms with Gasteiger partial charge in [-0.1, -0.05) is 26.3 Å². The summed E-state index contributed by atoms with van der Waals surface area (Å²) in [6.45, 7) is 4.87. The zero-order chi connectivity index (χ0) is 13.9. The van der Waals surface area contributed by atoms with Crippen LogP contribution in [0, 0.1) is 0 Å². The van der Waals surface area contributed by atoms with Crippen molar-refractivity contribution in [2.75, 3.05) is 11.9 Å². The number of aliphatic carboxylic acids is 1. The van der Waals surface area contributed by atoms with Crippen molar-refractivity contribution in [3.8, 4) is 0 Å². The third kappa shape index (κ3) is 2.44. The average Bonchev–Trinajstić information content (AvgIpc) is 2.44. The number of aryl methyl sites for hydroxylation is 1. The van der Waals surface area contributed by atoms with Crippen LogP contribution in [0.2, 0.25) is 0 Å². The zero-order valence-corrected chi connectivity index (χ0v) is 11.7. The molecule has 0 amide bonds. The van der Waals surface area contributed by atoms with Crippen LogP contribution in [0.25, 0.3) is 0 Å². The fourth-order valence-corrected chi connectivity index (χ4v) is 2.88. The number of carboxylic acid groups (broad SMARTS) is 1. The molecule has 0 aliphatic carbocycles. The van der Waals surface area contributed by atoms with Gasteiger partial charge < -0.3 is 10.4 Å². The highest BCUT2D eigenvalue weighted by molar-refractivity contribution is 5.81. The summed E-state index contributed by atoms with van der Waals surface area (Å²) in [5.74, 6) is 0.110. The molecule has 2 N–H and O–H groups in total. The maximum atomic E-state index is 11.8. The second kappa shape index (κ2) is 5.59. The van der Waals surface area contributed by atoms with Crippen molar-refractivity contribution in [2.24, 2.45) is 0 Å². The second-order valence-electron chi connectivity index (χ2n) is 5.23. The molecule has 104 valence electrons. The Labute approximate surface area is 114 Å². The molecular weight excluding hydrogens is 240 g/mol. The van der Waals surface area contributed by atoms with Crippen LogP contribution in [0.15, 0.2) is 12.1 Å². The van der Waals surface area contributed by atoms with E-state index in [0.29, 0.717) is 18.5 Å². The number of fused-ring (bicyclic) bond motifs is 1. The molecule has 0 fully saturated rings. The van der Waals surface area contributed by atoms with E-state index in [0.717, 1.165) is 31.6 Å². The summed E-state index contributed by atoms with van der Waals surface area (Å²) in [6, 6.07) is 3.94. The standard InChI is InChI=1S/C15H22N2O2/c1-3-9-15(4-2,14(18)19)12-8-7-11-6-5-10-16-13(11)17-12/h7-8H,3-6,9-10H2,1-2H3,(H,16,17)(H,18,19). The van der Waals surface area contributed by atoms with Crippen LogP contribution >= 0.6 is 0 Å². The fourth-order valence-electron chi connectivity index (χ4n) is 2.88. The Morgan fingerprint density at radius 3 is 2.89 bits per heavy atom. The Bertz CT molecular complexity index is 473. The number of hydrogen-bond acceptors (Lipinski definition) is 3. The number of aromatic nitrogens is 1. The van der Waals surface area contributed by atoms with E-state index in [-0.39, 0.29) is 0 Å². The largest absolute Gasteiger partial charge is 0.481 e. The van der Waals surface area contributed by atoms with Crippen molar-refractivity contribution in [3.05, 3.63) is 23.4 Å². The van der Waals surface area contributed by atoms with Crippen molar-refractivity contribution < 1.29 is 9.90 Å². The first-order chi connectivity index (χ1) is 9.14. The first-order valence-electron chi connectivity index (χ1n) is 7.11. The van der Waals surface area contributed by atoms with Gasteiger partial charge in [-0.25, -0.2) is 4.98 Å². The van der Waals surface area contributed by atoms with E-state index < -0.39 is 11.4 Å². The van der Waals surface area contributed by atoms with E-state index in [1.165, 1.54) is 5.56 Å². The second-order valence-corrected chi connectivity index (χ2v) is 5.23. The van der Waals surface area contributed by atoms with Crippen LogP contribution in [0.4, 0.5) is 5.82 Å².